The van der Waals surface area contributed by atoms with Crippen LogP contribution in [0.4, 0.5) is 0 Å². The van der Waals surface area contributed by atoms with Gasteiger partial charge in [0.1, 0.15) is 0 Å². The Kier molecular flexibility index (Phi) is 130. The van der Waals surface area contributed by atoms with Crippen LogP contribution in [0.2, 0.25) is 0 Å². The predicted molar refractivity (Wildman–Crippen MR) is 37.8 cm³/mol. The van der Waals surface area contributed by atoms with Crippen molar-refractivity contribution in [2.75, 3.05) is 6.66 Å². The molecule has 0 aromatic heterocycles. The summed E-state index contributed by atoms with van der Waals surface area (Å²) in [6, 6.07) is 0. The van der Waals surface area contributed by atoms with E-state index in [2.05, 4.69) is 9.24 Å². The summed E-state index contributed by atoms with van der Waals surface area (Å²) < 4.78 is 0. The Labute approximate surface area is 36.6 Å². The zero-order valence-electron chi connectivity index (χ0n) is 2.99. The summed E-state index contributed by atoms with van der Waals surface area (Å²) in [5, 5.41) is 0. The summed E-state index contributed by atoms with van der Waals surface area (Å²) in [4.78, 5) is 0. The minimum atomic E-state index is 0. The largest absolute Gasteiger partial charge is 0.153 e. The molecule has 0 nitrogen and oxygen atoms in total. The van der Waals surface area contributed by atoms with E-state index in [4.69, 9.17) is 0 Å². The molecule has 0 spiro atoms. The zero-order chi connectivity index (χ0) is 2.00. The van der Waals surface area contributed by atoms with Crippen LogP contribution in [0.5, 0.6) is 0 Å². The van der Waals surface area contributed by atoms with Gasteiger partial charge in [-0.25, -0.2) is 0 Å². The quantitative estimate of drug-likeness (QED) is 0.406. The molecule has 4 heavy (non-hydrogen) atoms. The Balaban J connectivity index is -0.00000000500. The Morgan fingerprint density at radius 1 is 1.00 bits per heavy atom. The Morgan fingerprint density at radius 3 is 1.00 bits per heavy atom. The third kappa shape index (κ3) is 10.4. The third-order valence-electron chi connectivity index (χ3n) is 0. The first-order valence-electron chi connectivity index (χ1n) is 0.577. The van der Waals surface area contributed by atoms with E-state index in [1.807, 2.05) is 6.66 Å². The molecule has 0 rings (SSSR count). The van der Waals surface area contributed by atoms with Gasteiger partial charge < -0.3 is 0 Å². The molecule has 3 heteroatoms. The van der Waals surface area contributed by atoms with Crippen LogP contribution < -0.4 is 0 Å². The zero-order valence-corrected chi connectivity index (χ0v) is 6.97. The number of hydrogen-bond acceptors (Lipinski definition) is 0. The van der Waals surface area contributed by atoms with E-state index in [0.29, 0.717) is 0 Å². The van der Waals surface area contributed by atoms with Gasteiger partial charge in [-0.1, -0.05) is 6.66 Å². The Hall–Kier alpha value is 1.29. The van der Waals surface area contributed by atoms with Crippen LogP contribution in [-0.4, -0.2) is 6.66 Å². The van der Waals surface area contributed by atoms with Crippen molar-refractivity contribution in [2.45, 2.75) is 0 Å². The van der Waals surface area contributed by atoms with Crippen molar-refractivity contribution >= 4 is 29.0 Å². The highest BCUT2D eigenvalue weighted by atomic mass is 31.0. The lowest BCUT2D eigenvalue weighted by atomic mass is 12.0. The lowest BCUT2D eigenvalue weighted by Crippen LogP contribution is -0.804. The molecule has 0 amide bonds. The lowest BCUT2D eigenvalue weighted by molar-refractivity contribution is 2.53. The van der Waals surface area contributed by atoms with E-state index in [1.54, 1.807) is 0 Å². The highest BCUT2D eigenvalue weighted by molar-refractivity contribution is 7.15. The molecule has 3 unspecified atom stereocenters. The first-order valence-corrected chi connectivity index (χ1v) is 1.73. The van der Waals surface area contributed by atoms with Crippen molar-refractivity contribution < 1.29 is 0 Å². The molecule has 0 bridgehead atoms. The fourth-order valence-corrected chi connectivity index (χ4v) is 0. The highest BCUT2D eigenvalue weighted by Crippen LogP contribution is 1.46. The van der Waals surface area contributed by atoms with E-state index < -0.39 is 0 Å². The normalized spacial score (nSPS) is 1.50. The second-order valence-electron chi connectivity index (χ2n) is 0. The molecule has 0 radical (unpaired) electrons. The average Bonchev–Trinajstić information content (AvgIpc) is 1.00. The van der Waals surface area contributed by atoms with Gasteiger partial charge in [0, 0.05) is 0 Å². The van der Waals surface area contributed by atoms with Crippen molar-refractivity contribution in [3.63, 3.8) is 0 Å². The third-order valence-corrected chi connectivity index (χ3v) is 0. The van der Waals surface area contributed by atoms with Crippen LogP contribution in [0.1, 0.15) is 0 Å². The average molecular weight is 116 g/mol. The van der Waals surface area contributed by atoms with E-state index in [1.165, 1.54) is 0 Å². The maximum absolute atomic E-state index is 2.42. The molecule has 0 aliphatic carbocycles. The monoisotopic (exact) mass is 116 g/mol. The summed E-state index contributed by atoms with van der Waals surface area (Å²) in [6.45, 7) is 1.92. The molecule has 0 saturated carbocycles. The second kappa shape index (κ2) is 27.9. The summed E-state index contributed by atoms with van der Waals surface area (Å²) in [5.41, 5.74) is 0. The van der Waals surface area contributed by atoms with Crippen molar-refractivity contribution in [1.82, 2.24) is 0 Å². The van der Waals surface area contributed by atoms with Crippen molar-refractivity contribution in [3.05, 3.63) is 0 Å². The van der Waals surface area contributed by atoms with Gasteiger partial charge >= 0.3 is 0 Å². The molecule has 0 heterocycles. The lowest BCUT2D eigenvalue weighted by Gasteiger charge is -1.10. The van der Waals surface area contributed by atoms with Gasteiger partial charge in [-0.15, -0.1) is 9.24 Å². The van der Waals surface area contributed by atoms with E-state index >= 15 is 0 Å². The van der Waals surface area contributed by atoms with Crippen molar-refractivity contribution in [3.8, 4) is 0 Å². The van der Waals surface area contributed by atoms with Crippen LogP contribution in [0, 0.1) is 0 Å². The molecule has 0 fully saturated rings. The van der Waals surface area contributed by atoms with Crippen LogP contribution in [0.3, 0.4) is 0 Å². The molecule has 3 atom stereocenters. The minimum Gasteiger partial charge on any atom is -0.153 e. The first-order chi connectivity index (χ1) is 1.00. The fourth-order valence-electron chi connectivity index (χ4n) is 0. The Bertz CT molecular complexity index is 3.25. The number of hydrogen-bond donors (Lipinski definition) is 0. The van der Waals surface area contributed by atoms with Gasteiger partial charge in [0.05, 0.1) is 0 Å². The highest BCUT2D eigenvalue weighted by Gasteiger charge is 0.906. The van der Waals surface area contributed by atoms with Gasteiger partial charge in [-0.3, -0.25) is 0 Å². The topological polar surface area (TPSA) is 0 Å². The van der Waals surface area contributed by atoms with Crippen LogP contribution in [0.15, 0.2) is 0 Å². The summed E-state index contributed by atoms with van der Waals surface area (Å²) in [7, 11) is 2.42. The van der Waals surface area contributed by atoms with E-state index in [9.17, 15) is 0 Å². The van der Waals surface area contributed by atoms with Gasteiger partial charge in [0.2, 0.25) is 0 Å². The summed E-state index contributed by atoms with van der Waals surface area (Å²) >= 11 is 0. The smallest absolute Gasteiger partial charge is 0.0500 e. The molecule has 30 valence electrons. The van der Waals surface area contributed by atoms with Gasteiger partial charge in [0.15, 0.2) is 0 Å². The molecular formula is CH11P3. The summed E-state index contributed by atoms with van der Waals surface area (Å²) in [5.74, 6) is 0. The minimum absolute atomic E-state index is 0. The van der Waals surface area contributed by atoms with E-state index in [-0.39, 0.29) is 19.8 Å². The fraction of sp³-hybridized carbons (Fsp3) is 1.00. The van der Waals surface area contributed by atoms with Crippen LogP contribution in [0.25, 0.3) is 0 Å². The molecule has 0 aliphatic heterocycles. The van der Waals surface area contributed by atoms with Crippen molar-refractivity contribution in [2.24, 2.45) is 0 Å². The molecule has 0 aliphatic rings. The second-order valence-corrected chi connectivity index (χ2v) is 0. The van der Waals surface area contributed by atoms with E-state index in [0.717, 1.165) is 0 Å². The Morgan fingerprint density at radius 2 is 1.00 bits per heavy atom. The SMILES string of the molecule is CP.P.P. The van der Waals surface area contributed by atoms with Crippen LogP contribution in [-0.2, 0) is 0 Å². The van der Waals surface area contributed by atoms with Gasteiger partial charge in [-0.2, -0.15) is 19.8 Å². The molecular weight excluding hydrogens is 105 g/mol. The van der Waals surface area contributed by atoms with Crippen LogP contribution >= 0.6 is 29.0 Å². The molecule has 0 N–H and O–H groups in total. The predicted octanol–water partition coefficient (Wildman–Crippen LogP) is 0.607. The molecule has 0 aromatic carbocycles. The first kappa shape index (κ1) is 18.6. The van der Waals surface area contributed by atoms with Gasteiger partial charge in [-0.05, 0) is 0 Å². The maximum Gasteiger partial charge on any atom is -0.0500 e. The summed E-state index contributed by atoms with van der Waals surface area (Å²) in [6.07, 6.45) is 0. The number of rotatable bonds is 0. The molecule has 0 saturated heterocycles. The maximum atomic E-state index is 2.42. The van der Waals surface area contributed by atoms with Crippen molar-refractivity contribution in [1.29, 1.82) is 0 Å². The standard InChI is InChI=1S/CH5P.2H3P/c1-2;;/h2H2,1H3;2*1H3. The van der Waals surface area contributed by atoms with Gasteiger partial charge in [0.25, 0.3) is 0 Å². The molecule has 0 aromatic rings.